The molecule has 0 aromatic heterocycles. The summed E-state index contributed by atoms with van der Waals surface area (Å²) in [7, 11) is 0. The lowest BCUT2D eigenvalue weighted by atomic mass is 10.0. The second-order valence-corrected chi connectivity index (χ2v) is 6.05. The molecule has 5 heteroatoms. The van der Waals surface area contributed by atoms with Crippen molar-refractivity contribution in [2.24, 2.45) is 0 Å². The Kier molecular flexibility index (Phi) is 4.43. The summed E-state index contributed by atoms with van der Waals surface area (Å²) in [6.07, 6.45) is 3.90. The molecule has 22 heavy (non-hydrogen) atoms. The van der Waals surface area contributed by atoms with Gasteiger partial charge in [0.05, 0.1) is 18.1 Å². The molecular formula is C17H21NO4. The van der Waals surface area contributed by atoms with Crippen molar-refractivity contribution in [3.63, 3.8) is 0 Å². The van der Waals surface area contributed by atoms with Crippen molar-refractivity contribution in [3.8, 4) is 0 Å². The van der Waals surface area contributed by atoms with E-state index in [2.05, 4.69) is 5.32 Å². The molecule has 2 aliphatic rings. The first-order valence-corrected chi connectivity index (χ1v) is 7.87. The molecule has 1 saturated heterocycles. The largest absolute Gasteiger partial charge is 0.481 e. The van der Waals surface area contributed by atoms with Crippen LogP contribution < -0.4 is 5.32 Å². The number of hydrogen-bond donors (Lipinski definition) is 2. The van der Waals surface area contributed by atoms with Crippen LogP contribution in [0.2, 0.25) is 0 Å². The molecule has 1 amide bonds. The predicted molar refractivity (Wildman–Crippen MR) is 80.5 cm³/mol. The number of carboxylic acid groups (broad SMARTS) is 1. The molecule has 3 rings (SSSR count). The number of hydrogen-bond acceptors (Lipinski definition) is 3. The van der Waals surface area contributed by atoms with Crippen LogP contribution in [0.4, 0.5) is 0 Å². The summed E-state index contributed by atoms with van der Waals surface area (Å²) in [5, 5.41) is 12.3. The Hall–Kier alpha value is -1.88. The van der Waals surface area contributed by atoms with Crippen LogP contribution in [0.25, 0.3) is 0 Å². The van der Waals surface area contributed by atoms with Gasteiger partial charge in [0.2, 0.25) is 5.91 Å². The number of carbonyl (C=O) groups excluding carboxylic acids is 1. The third kappa shape index (κ3) is 3.14. The first-order valence-electron chi connectivity index (χ1n) is 7.87. The quantitative estimate of drug-likeness (QED) is 0.875. The molecule has 5 nitrogen and oxygen atoms in total. The standard InChI is InChI=1S/C17H21NO4/c19-16(8-7-11-4-3-9-22-11)18-15-10-14(17(20)21)12-5-1-2-6-13(12)15/h1-2,5-6,11,14-15H,3-4,7-10H2,(H,18,19)(H,20,21). The van der Waals surface area contributed by atoms with Crippen LogP contribution in [0.1, 0.15) is 55.2 Å². The third-order valence-corrected chi connectivity index (χ3v) is 4.57. The number of carboxylic acids is 1. The maximum Gasteiger partial charge on any atom is 0.311 e. The molecule has 1 aliphatic carbocycles. The second kappa shape index (κ2) is 6.48. The molecule has 1 aromatic rings. The van der Waals surface area contributed by atoms with Crippen LogP contribution in [-0.2, 0) is 14.3 Å². The number of amides is 1. The lowest BCUT2D eigenvalue weighted by Gasteiger charge is -2.15. The normalized spacial score (nSPS) is 26.6. The molecule has 0 spiro atoms. The monoisotopic (exact) mass is 303 g/mol. The molecule has 3 atom stereocenters. The van der Waals surface area contributed by atoms with Crippen LogP contribution in [0, 0.1) is 0 Å². The number of rotatable bonds is 5. The minimum Gasteiger partial charge on any atom is -0.481 e. The fourth-order valence-corrected chi connectivity index (χ4v) is 3.44. The minimum atomic E-state index is -0.830. The van der Waals surface area contributed by atoms with Crippen LogP contribution in [-0.4, -0.2) is 29.7 Å². The highest BCUT2D eigenvalue weighted by atomic mass is 16.5. The number of ether oxygens (including phenoxy) is 1. The maximum atomic E-state index is 12.1. The number of nitrogens with one attached hydrogen (secondary N) is 1. The summed E-state index contributed by atoms with van der Waals surface area (Å²) < 4.78 is 5.52. The molecule has 1 heterocycles. The molecule has 118 valence electrons. The molecule has 2 N–H and O–H groups in total. The fourth-order valence-electron chi connectivity index (χ4n) is 3.44. The van der Waals surface area contributed by atoms with Crippen LogP contribution in [0.3, 0.4) is 0 Å². The van der Waals surface area contributed by atoms with Gasteiger partial charge in [-0.3, -0.25) is 9.59 Å². The molecule has 1 fully saturated rings. The van der Waals surface area contributed by atoms with E-state index in [-0.39, 0.29) is 18.1 Å². The van der Waals surface area contributed by atoms with Crippen molar-refractivity contribution in [2.45, 2.75) is 50.2 Å². The van der Waals surface area contributed by atoms with Crippen LogP contribution in [0.5, 0.6) is 0 Å². The first-order chi connectivity index (χ1) is 10.6. The summed E-state index contributed by atoms with van der Waals surface area (Å²) in [4.78, 5) is 23.5. The van der Waals surface area contributed by atoms with Crippen molar-refractivity contribution in [1.29, 1.82) is 0 Å². The van der Waals surface area contributed by atoms with Gasteiger partial charge < -0.3 is 15.2 Å². The Morgan fingerprint density at radius 2 is 2.05 bits per heavy atom. The first kappa shape index (κ1) is 15.0. The Morgan fingerprint density at radius 3 is 2.73 bits per heavy atom. The topological polar surface area (TPSA) is 75.6 Å². The van der Waals surface area contributed by atoms with Crippen LogP contribution >= 0.6 is 0 Å². The highest BCUT2D eigenvalue weighted by Crippen LogP contribution is 2.40. The highest BCUT2D eigenvalue weighted by Gasteiger charge is 2.35. The third-order valence-electron chi connectivity index (χ3n) is 4.57. The van der Waals surface area contributed by atoms with E-state index in [0.717, 1.165) is 37.0 Å². The van der Waals surface area contributed by atoms with Gasteiger partial charge in [-0.15, -0.1) is 0 Å². The van der Waals surface area contributed by atoms with Crippen molar-refractivity contribution in [3.05, 3.63) is 35.4 Å². The van der Waals surface area contributed by atoms with Crippen molar-refractivity contribution < 1.29 is 19.4 Å². The summed E-state index contributed by atoms with van der Waals surface area (Å²) in [5.74, 6) is -1.38. The summed E-state index contributed by atoms with van der Waals surface area (Å²) in [5.41, 5.74) is 1.75. The van der Waals surface area contributed by atoms with E-state index in [1.807, 2.05) is 24.3 Å². The van der Waals surface area contributed by atoms with Gasteiger partial charge in [0.15, 0.2) is 0 Å². The minimum absolute atomic E-state index is 0.0265. The van der Waals surface area contributed by atoms with E-state index in [4.69, 9.17) is 4.74 Å². The Balaban J connectivity index is 1.60. The smallest absolute Gasteiger partial charge is 0.311 e. The Morgan fingerprint density at radius 1 is 1.27 bits per heavy atom. The van der Waals surface area contributed by atoms with Crippen molar-refractivity contribution >= 4 is 11.9 Å². The zero-order valence-electron chi connectivity index (χ0n) is 12.5. The van der Waals surface area contributed by atoms with Gasteiger partial charge in [0, 0.05) is 13.0 Å². The average molecular weight is 303 g/mol. The van der Waals surface area contributed by atoms with Gasteiger partial charge in [-0.1, -0.05) is 24.3 Å². The molecule has 0 saturated carbocycles. The van der Waals surface area contributed by atoms with Gasteiger partial charge in [-0.05, 0) is 36.8 Å². The molecular weight excluding hydrogens is 282 g/mol. The van der Waals surface area contributed by atoms with E-state index >= 15 is 0 Å². The number of carbonyl (C=O) groups is 2. The van der Waals surface area contributed by atoms with Crippen molar-refractivity contribution in [2.75, 3.05) is 6.61 Å². The van der Waals surface area contributed by atoms with Crippen LogP contribution in [0.15, 0.2) is 24.3 Å². The summed E-state index contributed by atoms with van der Waals surface area (Å²) >= 11 is 0. The highest BCUT2D eigenvalue weighted by molar-refractivity contribution is 5.80. The fraction of sp³-hybridized carbons (Fsp3) is 0.529. The molecule has 3 unspecified atom stereocenters. The molecule has 1 aliphatic heterocycles. The zero-order chi connectivity index (χ0) is 15.5. The lowest BCUT2D eigenvalue weighted by molar-refractivity contribution is -0.139. The molecule has 0 bridgehead atoms. The Bertz CT molecular complexity index is 566. The lowest BCUT2D eigenvalue weighted by Crippen LogP contribution is -2.28. The second-order valence-electron chi connectivity index (χ2n) is 6.05. The predicted octanol–water partition coefficient (Wildman–Crippen LogP) is 2.38. The SMILES string of the molecule is O=C(CCC1CCCO1)NC1CC(C(=O)O)c2ccccc21. The molecule has 1 aromatic carbocycles. The van der Waals surface area contributed by atoms with Gasteiger partial charge in [0.25, 0.3) is 0 Å². The molecule has 0 radical (unpaired) electrons. The number of aliphatic carboxylic acids is 1. The van der Waals surface area contributed by atoms with Gasteiger partial charge >= 0.3 is 5.97 Å². The zero-order valence-corrected chi connectivity index (χ0v) is 12.5. The summed E-state index contributed by atoms with van der Waals surface area (Å²) in [6, 6.07) is 7.27. The van der Waals surface area contributed by atoms with E-state index < -0.39 is 11.9 Å². The van der Waals surface area contributed by atoms with Gasteiger partial charge in [-0.25, -0.2) is 0 Å². The summed E-state index contributed by atoms with van der Waals surface area (Å²) in [6.45, 7) is 0.794. The van der Waals surface area contributed by atoms with Crippen molar-refractivity contribution in [1.82, 2.24) is 5.32 Å². The van der Waals surface area contributed by atoms with E-state index in [1.54, 1.807) is 0 Å². The average Bonchev–Trinajstić information content (AvgIpc) is 3.13. The van der Waals surface area contributed by atoms with E-state index in [9.17, 15) is 14.7 Å². The number of benzene rings is 1. The van der Waals surface area contributed by atoms with E-state index in [0.29, 0.717) is 12.8 Å². The maximum absolute atomic E-state index is 12.1. The Labute approximate surface area is 129 Å². The van der Waals surface area contributed by atoms with Gasteiger partial charge in [0.1, 0.15) is 0 Å². The van der Waals surface area contributed by atoms with E-state index in [1.165, 1.54) is 0 Å². The number of fused-ring (bicyclic) bond motifs is 1. The van der Waals surface area contributed by atoms with Gasteiger partial charge in [-0.2, -0.15) is 0 Å².